The minimum atomic E-state index is 0. The first-order valence-electron chi connectivity index (χ1n) is 6.70. The van der Waals surface area contributed by atoms with Gasteiger partial charge in [0.25, 0.3) is 0 Å². The lowest BCUT2D eigenvalue weighted by molar-refractivity contribution is 0.111. The van der Waals surface area contributed by atoms with Crippen molar-refractivity contribution in [3.8, 4) is 0 Å². The van der Waals surface area contributed by atoms with Crippen molar-refractivity contribution < 1.29 is 0 Å². The highest BCUT2D eigenvalue weighted by Gasteiger charge is 2.25. The number of halogens is 1. The van der Waals surface area contributed by atoms with Crippen molar-refractivity contribution in [1.29, 1.82) is 0 Å². The van der Waals surface area contributed by atoms with Crippen molar-refractivity contribution >= 4 is 12.4 Å². The Bertz CT molecular complexity index is 332. The summed E-state index contributed by atoms with van der Waals surface area (Å²) in [6, 6.07) is 12.1. The van der Waals surface area contributed by atoms with Gasteiger partial charge in [0.2, 0.25) is 0 Å². The molecule has 1 saturated heterocycles. The van der Waals surface area contributed by atoms with Gasteiger partial charge in [0, 0.05) is 31.7 Å². The normalized spacial score (nSPS) is 26.4. The van der Waals surface area contributed by atoms with Crippen LogP contribution in [0.2, 0.25) is 0 Å². The first kappa shape index (κ1) is 15.5. The predicted octanol–water partition coefficient (Wildman–Crippen LogP) is 2.89. The summed E-state index contributed by atoms with van der Waals surface area (Å²) in [4.78, 5) is 2.63. The average Bonchev–Trinajstić information content (AvgIpc) is 2.35. The smallest absolute Gasteiger partial charge is 0.0195 e. The third kappa shape index (κ3) is 3.71. The zero-order valence-corrected chi connectivity index (χ0v) is 12.4. The Labute approximate surface area is 117 Å². The molecule has 0 aliphatic carbocycles. The predicted molar refractivity (Wildman–Crippen MR) is 80.6 cm³/mol. The summed E-state index contributed by atoms with van der Waals surface area (Å²) in [6.07, 6.45) is 0. The third-order valence-electron chi connectivity index (χ3n) is 3.87. The lowest BCUT2D eigenvalue weighted by atomic mass is 9.98. The fourth-order valence-electron chi connectivity index (χ4n) is 2.73. The second kappa shape index (κ2) is 7.13. The van der Waals surface area contributed by atoms with Crippen LogP contribution in [0.4, 0.5) is 0 Å². The molecule has 2 nitrogen and oxygen atoms in total. The molecule has 0 bridgehead atoms. The van der Waals surface area contributed by atoms with Gasteiger partial charge >= 0.3 is 0 Å². The SMILES string of the molecule is CC(CN1[C@H](C)CNC[C@@H]1C)c1ccccc1.Cl. The molecule has 3 atom stereocenters. The van der Waals surface area contributed by atoms with E-state index in [1.54, 1.807) is 0 Å². The molecule has 102 valence electrons. The molecule has 0 amide bonds. The van der Waals surface area contributed by atoms with Gasteiger partial charge in [-0.3, -0.25) is 4.90 Å². The third-order valence-corrected chi connectivity index (χ3v) is 3.87. The second-order valence-electron chi connectivity index (χ2n) is 5.36. The molecule has 1 heterocycles. The summed E-state index contributed by atoms with van der Waals surface area (Å²) in [5.74, 6) is 0.610. The van der Waals surface area contributed by atoms with Crippen LogP contribution in [0.15, 0.2) is 30.3 Å². The lowest BCUT2D eigenvalue weighted by Gasteiger charge is -2.40. The Hall–Kier alpha value is -0.570. The van der Waals surface area contributed by atoms with E-state index in [-0.39, 0.29) is 12.4 Å². The molecule has 1 aliphatic rings. The largest absolute Gasteiger partial charge is 0.314 e. The molecule has 2 rings (SSSR count). The van der Waals surface area contributed by atoms with E-state index in [9.17, 15) is 0 Å². The van der Waals surface area contributed by atoms with E-state index in [2.05, 4.69) is 61.3 Å². The van der Waals surface area contributed by atoms with Gasteiger partial charge in [0.1, 0.15) is 0 Å². The Morgan fingerprint density at radius 1 is 1.17 bits per heavy atom. The number of nitrogens with zero attached hydrogens (tertiary/aromatic N) is 1. The zero-order chi connectivity index (χ0) is 12.3. The van der Waals surface area contributed by atoms with Crippen molar-refractivity contribution in [2.75, 3.05) is 19.6 Å². The minimum absolute atomic E-state index is 0. The topological polar surface area (TPSA) is 15.3 Å². The molecule has 1 N–H and O–H groups in total. The Balaban J connectivity index is 0.00000162. The summed E-state index contributed by atoms with van der Waals surface area (Å²) in [5, 5.41) is 3.49. The van der Waals surface area contributed by atoms with Crippen molar-refractivity contribution in [1.82, 2.24) is 10.2 Å². The van der Waals surface area contributed by atoms with E-state index >= 15 is 0 Å². The quantitative estimate of drug-likeness (QED) is 0.907. The Morgan fingerprint density at radius 2 is 1.72 bits per heavy atom. The van der Waals surface area contributed by atoms with Gasteiger partial charge in [-0.25, -0.2) is 0 Å². The van der Waals surface area contributed by atoms with E-state index in [0.29, 0.717) is 18.0 Å². The number of hydrogen-bond donors (Lipinski definition) is 1. The highest BCUT2D eigenvalue weighted by molar-refractivity contribution is 5.85. The molecule has 1 fully saturated rings. The number of nitrogens with one attached hydrogen (secondary N) is 1. The number of hydrogen-bond acceptors (Lipinski definition) is 2. The van der Waals surface area contributed by atoms with Gasteiger partial charge in [0.05, 0.1) is 0 Å². The molecule has 18 heavy (non-hydrogen) atoms. The molecular weight excluding hydrogens is 244 g/mol. The van der Waals surface area contributed by atoms with E-state index in [0.717, 1.165) is 19.6 Å². The van der Waals surface area contributed by atoms with Gasteiger partial charge in [-0.05, 0) is 25.3 Å². The Kier molecular flexibility index (Phi) is 6.13. The second-order valence-corrected chi connectivity index (χ2v) is 5.36. The summed E-state index contributed by atoms with van der Waals surface area (Å²) < 4.78 is 0. The highest BCUT2D eigenvalue weighted by Crippen LogP contribution is 2.20. The molecular formula is C15H25ClN2. The summed E-state index contributed by atoms with van der Waals surface area (Å²) in [7, 11) is 0. The number of piperazine rings is 1. The van der Waals surface area contributed by atoms with Gasteiger partial charge in [-0.15, -0.1) is 12.4 Å². The molecule has 1 aromatic rings. The van der Waals surface area contributed by atoms with E-state index < -0.39 is 0 Å². The molecule has 0 aromatic heterocycles. The van der Waals surface area contributed by atoms with Gasteiger partial charge in [-0.2, -0.15) is 0 Å². The summed E-state index contributed by atoms with van der Waals surface area (Å²) in [5.41, 5.74) is 1.45. The maximum Gasteiger partial charge on any atom is 0.0195 e. The zero-order valence-electron chi connectivity index (χ0n) is 11.6. The standard InChI is InChI=1S/C15H24N2.ClH/c1-12(15-7-5-4-6-8-15)11-17-13(2)9-16-10-14(17)3;/h4-8,12-14,16H,9-11H2,1-3H3;1H/t12?,13-,14+;. The van der Waals surface area contributed by atoms with Crippen LogP contribution in [-0.4, -0.2) is 36.6 Å². The van der Waals surface area contributed by atoms with Crippen LogP contribution >= 0.6 is 12.4 Å². The Morgan fingerprint density at radius 3 is 2.28 bits per heavy atom. The summed E-state index contributed by atoms with van der Waals surface area (Å²) in [6.45, 7) is 10.4. The molecule has 3 heteroatoms. The van der Waals surface area contributed by atoms with Crippen molar-refractivity contribution in [3.05, 3.63) is 35.9 Å². The van der Waals surface area contributed by atoms with Gasteiger partial charge in [0.15, 0.2) is 0 Å². The van der Waals surface area contributed by atoms with Gasteiger partial charge < -0.3 is 5.32 Å². The molecule has 1 unspecified atom stereocenters. The average molecular weight is 269 g/mol. The van der Waals surface area contributed by atoms with Crippen molar-refractivity contribution in [2.24, 2.45) is 0 Å². The first-order chi connectivity index (χ1) is 8.18. The molecule has 1 aromatic carbocycles. The van der Waals surface area contributed by atoms with Crippen LogP contribution in [0, 0.1) is 0 Å². The molecule has 0 radical (unpaired) electrons. The minimum Gasteiger partial charge on any atom is -0.314 e. The summed E-state index contributed by atoms with van der Waals surface area (Å²) >= 11 is 0. The molecule has 0 saturated carbocycles. The lowest BCUT2D eigenvalue weighted by Crippen LogP contribution is -2.55. The van der Waals surface area contributed by atoms with Crippen LogP contribution in [0.5, 0.6) is 0 Å². The maximum absolute atomic E-state index is 3.49. The van der Waals surface area contributed by atoms with E-state index in [1.807, 2.05) is 0 Å². The first-order valence-corrected chi connectivity index (χ1v) is 6.70. The molecule has 1 aliphatic heterocycles. The van der Waals surface area contributed by atoms with Crippen LogP contribution in [0.3, 0.4) is 0 Å². The highest BCUT2D eigenvalue weighted by atomic mass is 35.5. The van der Waals surface area contributed by atoms with Crippen LogP contribution < -0.4 is 5.32 Å². The van der Waals surface area contributed by atoms with Crippen LogP contribution in [0.25, 0.3) is 0 Å². The van der Waals surface area contributed by atoms with Crippen molar-refractivity contribution in [2.45, 2.75) is 38.8 Å². The fourth-order valence-corrected chi connectivity index (χ4v) is 2.73. The fraction of sp³-hybridized carbons (Fsp3) is 0.600. The monoisotopic (exact) mass is 268 g/mol. The number of rotatable bonds is 3. The van der Waals surface area contributed by atoms with E-state index in [4.69, 9.17) is 0 Å². The number of benzene rings is 1. The van der Waals surface area contributed by atoms with Gasteiger partial charge in [-0.1, -0.05) is 37.3 Å². The van der Waals surface area contributed by atoms with Crippen LogP contribution in [0.1, 0.15) is 32.3 Å². The van der Waals surface area contributed by atoms with Crippen LogP contribution in [-0.2, 0) is 0 Å². The van der Waals surface area contributed by atoms with E-state index in [1.165, 1.54) is 5.56 Å². The maximum atomic E-state index is 3.49. The van der Waals surface area contributed by atoms with Crippen molar-refractivity contribution in [3.63, 3.8) is 0 Å². The molecule has 0 spiro atoms.